The summed E-state index contributed by atoms with van der Waals surface area (Å²) in [4.78, 5) is 20.9. The number of hydrogen-bond donors (Lipinski definition) is 1. The van der Waals surface area contributed by atoms with E-state index >= 15 is 0 Å². The molecule has 0 spiro atoms. The molecule has 2 heterocycles. The van der Waals surface area contributed by atoms with Gasteiger partial charge in [0.1, 0.15) is 5.69 Å². The molecular formula is C12H16N6O. The van der Waals surface area contributed by atoms with Crippen molar-refractivity contribution in [3.05, 3.63) is 18.6 Å². The Labute approximate surface area is 111 Å². The fourth-order valence-electron chi connectivity index (χ4n) is 1.39. The maximum atomic E-state index is 5.51. The third kappa shape index (κ3) is 3.57. The maximum Gasteiger partial charge on any atom is 0.322 e. The Kier molecular flexibility index (Phi) is 4.17. The molecular weight excluding hydrogens is 244 g/mol. The first-order valence-electron chi connectivity index (χ1n) is 6.12. The Bertz CT molecular complexity index is 531. The Hall–Kier alpha value is -2.31. The Balaban J connectivity index is 2.39. The Morgan fingerprint density at radius 2 is 2.05 bits per heavy atom. The van der Waals surface area contributed by atoms with Crippen molar-refractivity contribution in [3.63, 3.8) is 0 Å². The van der Waals surface area contributed by atoms with Crippen LogP contribution in [-0.2, 0) is 0 Å². The highest BCUT2D eigenvalue weighted by molar-refractivity contribution is 5.49. The van der Waals surface area contributed by atoms with Crippen LogP contribution in [0.15, 0.2) is 18.6 Å². The largest absolute Gasteiger partial charge is 0.461 e. The van der Waals surface area contributed by atoms with Crippen molar-refractivity contribution in [2.24, 2.45) is 0 Å². The van der Waals surface area contributed by atoms with Crippen LogP contribution in [-0.4, -0.2) is 37.6 Å². The summed E-state index contributed by atoms with van der Waals surface area (Å²) in [6.45, 7) is 6.51. The molecule has 0 saturated carbocycles. The minimum atomic E-state index is -0.00779. The van der Waals surface area contributed by atoms with Crippen LogP contribution in [0.25, 0.3) is 11.5 Å². The molecule has 1 N–H and O–H groups in total. The van der Waals surface area contributed by atoms with Gasteiger partial charge in [0.2, 0.25) is 5.95 Å². The third-order valence-electron chi connectivity index (χ3n) is 2.08. The zero-order valence-electron chi connectivity index (χ0n) is 11.2. The van der Waals surface area contributed by atoms with Gasteiger partial charge in [0.05, 0.1) is 12.3 Å². The quantitative estimate of drug-likeness (QED) is 0.872. The van der Waals surface area contributed by atoms with Crippen LogP contribution in [0.2, 0.25) is 0 Å². The normalized spacial score (nSPS) is 10.5. The Morgan fingerprint density at radius 1 is 1.21 bits per heavy atom. The van der Waals surface area contributed by atoms with Crippen molar-refractivity contribution >= 4 is 5.95 Å². The molecule has 0 aliphatic carbocycles. The zero-order valence-corrected chi connectivity index (χ0v) is 11.2. The molecule has 0 saturated heterocycles. The first-order chi connectivity index (χ1) is 9.19. The van der Waals surface area contributed by atoms with E-state index < -0.39 is 0 Å². The fourth-order valence-corrected chi connectivity index (χ4v) is 1.39. The molecule has 0 fully saturated rings. The molecule has 0 atom stereocenters. The number of rotatable bonds is 5. The summed E-state index contributed by atoms with van der Waals surface area (Å²) in [6, 6.07) is 0.279. The summed E-state index contributed by atoms with van der Waals surface area (Å²) in [5, 5.41) is 3.04. The lowest BCUT2D eigenvalue weighted by molar-refractivity contribution is 0.222. The second-order valence-electron chi connectivity index (χ2n) is 4.05. The number of hydrogen-bond acceptors (Lipinski definition) is 7. The van der Waals surface area contributed by atoms with Crippen LogP contribution in [0.4, 0.5) is 5.95 Å². The van der Waals surface area contributed by atoms with Gasteiger partial charge in [-0.05, 0) is 20.8 Å². The highest BCUT2D eigenvalue weighted by atomic mass is 16.5. The molecule has 2 aromatic heterocycles. The van der Waals surface area contributed by atoms with E-state index in [0.29, 0.717) is 24.0 Å². The summed E-state index contributed by atoms with van der Waals surface area (Å²) in [5.41, 5.74) is 0.581. The number of ether oxygens (including phenoxy) is 1. The van der Waals surface area contributed by atoms with E-state index in [1.54, 1.807) is 18.6 Å². The lowest BCUT2D eigenvalue weighted by atomic mass is 10.4. The van der Waals surface area contributed by atoms with Gasteiger partial charge in [0, 0.05) is 18.9 Å². The average molecular weight is 260 g/mol. The first-order valence-corrected chi connectivity index (χ1v) is 6.12. The van der Waals surface area contributed by atoms with Gasteiger partial charge in [0.15, 0.2) is 5.82 Å². The lowest BCUT2D eigenvalue weighted by Crippen LogP contribution is -2.12. The average Bonchev–Trinajstić information content (AvgIpc) is 2.39. The second kappa shape index (κ2) is 6.03. The molecule has 100 valence electrons. The van der Waals surface area contributed by atoms with Crippen molar-refractivity contribution in [3.8, 4) is 17.5 Å². The number of anilines is 1. The van der Waals surface area contributed by atoms with Crippen LogP contribution in [0.3, 0.4) is 0 Å². The van der Waals surface area contributed by atoms with Crippen molar-refractivity contribution in [2.45, 2.75) is 26.9 Å². The first kappa shape index (κ1) is 13.1. The summed E-state index contributed by atoms with van der Waals surface area (Å²) < 4.78 is 5.51. The molecule has 0 amide bonds. The van der Waals surface area contributed by atoms with Crippen LogP contribution in [0.1, 0.15) is 20.8 Å². The zero-order chi connectivity index (χ0) is 13.7. The molecule has 2 aromatic rings. The van der Waals surface area contributed by atoms with Crippen LogP contribution < -0.4 is 10.1 Å². The second-order valence-corrected chi connectivity index (χ2v) is 4.05. The number of nitrogens with one attached hydrogen (secondary N) is 1. The minimum absolute atomic E-state index is 0.00779. The molecule has 0 bridgehead atoms. The van der Waals surface area contributed by atoms with E-state index in [-0.39, 0.29) is 12.1 Å². The number of aromatic nitrogens is 5. The molecule has 19 heavy (non-hydrogen) atoms. The highest BCUT2D eigenvalue weighted by Gasteiger charge is 2.11. The predicted octanol–water partition coefficient (Wildman–Crippen LogP) is 1.55. The van der Waals surface area contributed by atoms with Crippen molar-refractivity contribution in [1.29, 1.82) is 0 Å². The molecule has 0 aromatic carbocycles. The molecule has 2 rings (SSSR count). The van der Waals surface area contributed by atoms with Gasteiger partial charge in [-0.15, -0.1) is 0 Å². The predicted molar refractivity (Wildman–Crippen MR) is 70.8 cm³/mol. The van der Waals surface area contributed by atoms with E-state index in [0.717, 1.165) is 0 Å². The standard InChI is InChI=1S/C12H16N6O/c1-4-14-11-16-10(9-7-13-5-6-15-9)17-12(18-11)19-8(2)3/h5-8H,4H2,1-3H3,(H,14,16,17,18). The monoisotopic (exact) mass is 260 g/mol. The molecule has 0 radical (unpaired) electrons. The SMILES string of the molecule is CCNc1nc(OC(C)C)nc(-c2cnccn2)n1. The van der Waals surface area contributed by atoms with Crippen LogP contribution in [0, 0.1) is 0 Å². The van der Waals surface area contributed by atoms with Crippen molar-refractivity contribution in [1.82, 2.24) is 24.9 Å². The van der Waals surface area contributed by atoms with E-state index in [1.807, 2.05) is 20.8 Å². The van der Waals surface area contributed by atoms with Gasteiger partial charge in [-0.3, -0.25) is 4.98 Å². The van der Waals surface area contributed by atoms with E-state index in [4.69, 9.17) is 4.74 Å². The van der Waals surface area contributed by atoms with Crippen LogP contribution in [0.5, 0.6) is 6.01 Å². The molecule has 7 nitrogen and oxygen atoms in total. The summed E-state index contributed by atoms with van der Waals surface area (Å²) in [6.07, 6.45) is 4.78. The van der Waals surface area contributed by atoms with Gasteiger partial charge < -0.3 is 10.1 Å². The van der Waals surface area contributed by atoms with Gasteiger partial charge in [-0.25, -0.2) is 4.98 Å². The van der Waals surface area contributed by atoms with Crippen molar-refractivity contribution < 1.29 is 4.74 Å². The van der Waals surface area contributed by atoms with Crippen molar-refractivity contribution in [2.75, 3.05) is 11.9 Å². The maximum absolute atomic E-state index is 5.51. The topological polar surface area (TPSA) is 85.7 Å². The summed E-state index contributed by atoms with van der Waals surface area (Å²) in [5.74, 6) is 0.906. The Morgan fingerprint density at radius 3 is 2.68 bits per heavy atom. The van der Waals surface area contributed by atoms with Gasteiger partial charge in [0.25, 0.3) is 0 Å². The van der Waals surface area contributed by atoms with Gasteiger partial charge >= 0.3 is 6.01 Å². The smallest absolute Gasteiger partial charge is 0.322 e. The third-order valence-corrected chi connectivity index (χ3v) is 2.08. The molecule has 0 aliphatic heterocycles. The van der Waals surface area contributed by atoms with Gasteiger partial charge in [-0.2, -0.15) is 15.0 Å². The number of nitrogens with zero attached hydrogens (tertiary/aromatic N) is 5. The molecule has 0 unspecified atom stereocenters. The van der Waals surface area contributed by atoms with Crippen LogP contribution >= 0.6 is 0 Å². The summed E-state index contributed by atoms with van der Waals surface area (Å²) >= 11 is 0. The van der Waals surface area contributed by atoms with E-state index in [9.17, 15) is 0 Å². The highest BCUT2D eigenvalue weighted by Crippen LogP contribution is 2.16. The molecule has 0 aliphatic rings. The van der Waals surface area contributed by atoms with E-state index in [2.05, 4.69) is 30.2 Å². The van der Waals surface area contributed by atoms with Gasteiger partial charge in [-0.1, -0.05) is 0 Å². The fraction of sp³-hybridized carbons (Fsp3) is 0.417. The lowest BCUT2D eigenvalue weighted by Gasteiger charge is -2.10. The minimum Gasteiger partial charge on any atom is -0.461 e. The van der Waals surface area contributed by atoms with E-state index in [1.165, 1.54) is 0 Å². The summed E-state index contributed by atoms with van der Waals surface area (Å²) in [7, 11) is 0. The molecule has 7 heteroatoms.